The first-order valence-corrected chi connectivity index (χ1v) is 8.26. The molecule has 1 aromatic carbocycles. The van der Waals surface area contributed by atoms with Crippen molar-refractivity contribution in [2.45, 2.75) is 6.61 Å². The van der Waals surface area contributed by atoms with Gasteiger partial charge in [-0.25, -0.2) is 16.8 Å². The zero-order chi connectivity index (χ0) is 13.3. The quantitative estimate of drug-likeness (QED) is 0.831. The third kappa shape index (κ3) is 3.42. The maximum absolute atomic E-state index is 11.5. The Kier molecular flexibility index (Phi) is 3.80. The minimum absolute atomic E-state index is 0.0125. The van der Waals surface area contributed by atoms with Gasteiger partial charge in [-0.1, -0.05) is 12.1 Å². The van der Waals surface area contributed by atoms with Crippen molar-refractivity contribution in [1.82, 2.24) is 0 Å². The molecule has 0 fully saturated rings. The van der Waals surface area contributed by atoms with E-state index >= 15 is 0 Å². The van der Waals surface area contributed by atoms with E-state index < -0.39 is 20.0 Å². The van der Waals surface area contributed by atoms with E-state index in [0.29, 0.717) is 9.27 Å². The molecule has 96 valence electrons. The summed E-state index contributed by atoms with van der Waals surface area (Å²) in [7, 11) is -7.87. The third-order valence-electron chi connectivity index (χ3n) is 1.91. The summed E-state index contributed by atoms with van der Waals surface area (Å²) in [5, 5.41) is 8.93. The lowest BCUT2D eigenvalue weighted by Crippen LogP contribution is -2.35. The molecule has 17 heavy (non-hydrogen) atoms. The van der Waals surface area contributed by atoms with Crippen LogP contribution in [0.1, 0.15) is 5.56 Å². The molecule has 0 spiro atoms. The van der Waals surface area contributed by atoms with Gasteiger partial charge < -0.3 is 5.11 Å². The van der Waals surface area contributed by atoms with Crippen molar-refractivity contribution in [3.8, 4) is 0 Å². The molecule has 0 radical (unpaired) electrons. The van der Waals surface area contributed by atoms with Gasteiger partial charge in [-0.2, -0.15) is 3.71 Å². The summed E-state index contributed by atoms with van der Waals surface area (Å²) in [6, 6.07) is 5.69. The molecule has 0 bridgehead atoms. The average Bonchev–Trinajstić information content (AvgIpc) is 2.13. The first kappa shape index (κ1) is 13.9. The minimum Gasteiger partial charge on any atom is -0.392 e. The standard InChI is InChI=1S/C9H13NO5S2/c1-16(12,13)10(17(2,14)15)9-5-3-4-8(6-9)7-11/h3-6,11H,7H2,1-2H3. The van der Waals surface area contributed by atoms with Crippen LogP contribution in [-0.4, -0.2) is 34.5 Å². The molecule has 0 saturated carbocycles. The van der Waals surface area contributed by atoms with Crippen LogP contribution in [0.4, 0.5) is 5.69 Å². The Morgan fingerprint density at radius 1 is 1.12 bits per heavy atom. The largest absolute Gasteiger partial charge is 0.392 e. The van der Waals surface area contributed by atoms with Crippen LogP contribution in [0, 0.1) is 0 Å². The summed E-state index contributed by atoms with van der Waals surface area (Å²) in [4.78, 5) is 0. The van der Waals surface area contributed by atoms with Crippen molar-refractivity contribution in [2.75, 3.05) is 16.2 Å². The second kappa shape index (κ2) is 4.63. The first-order chi connectivity index (χ1) is 7.66. The third-order valence-corrected chi connectivity index (χ3v) is 5.16. The molecule has 0 aromatic heterocycles. The highest BCUT2D eigenvalue weighted by Crippen LogP contribution is 2.22. The van der Waals surface area contributed by atoms with E-state index in [0.717, 1.165) is 12.5 Å². The van der Waals surface area contributed by atoms with Crippen LogP contribution in [-0.2, 0) is 26.7 Å². The Balaban J connectivity index is 3.44. The lowest BCUT2D eigenvalue weighted by atomic mass is 10.2. The molecule has 1 aromatic rings. The van der Waals surface area contributed by atoms with Crippen LogP contribution in [0.5, 0.6) is 0 Å². The van der Waals surface area contributed by atoms with E-state index in [9.17, 15) is 16.8 Å². The molecule has 0 aliphatic carbocycles. The molecule has 0 saturated heterocycles. The van der Waals surface area contributed by atoms with Crippen molar-refractivity contribution in [1.29, 1.82) is 0 Å². The van der Waals surface area contributed by atoms with Crippen LogP contribution >= 0.6 is 0 Å². The number of rotatable bonds is 4. The minimum atomic E-state index is -3.94. The maximum atomic E-state index is 11.5. The lowest BCUT2D eigenvalue weighted by Gasteiger charge is -2.20. The first-order valence-electron chi connectivity index (χ1n) is 4.56. The van der Waals surface area contributed by atoms with Crippen LogP contribution in [0.25, 0.3) is 0 Å². The fourth-order valence-electron chi connectivity index (χ4n) is 1.40. The maximum Gasteiger partial charge on any atom is 0.245 e. The Bertz CT molecular complexity index is 574. The number of aliphatic hydroxyl groups is 1. The van der Waals surface area contributed by atoms with Crippen molar-refractivity contribution < 1.29 is 21.9 Å². The smallest absolute Gasteiger partial charge is 0.245 e. The molecule has 0 unspecified atom stereocenters. The number of hydrogen-bond acceptors (Lipinski definition) is 5. The summed E-state index contributed by atoms with van der Waals surface area (Å²) in [6.07, 6.45) is 1.61. The Hall–Kier alpha value is -1.12. The highest BCUT2D eigenvalue weighted by atomic mass is 32.3. The van der Waals surface area contributed by atoms with Gasteiger partial charge in [0.2, 0.25) is 20.0 Å². The Morgan fingerprint density at radius 3 is 2.06 bits per heavy atom. The molecule has 0 aliphatic rings. The molecule has 8 heteroatoms. The molecule has 0 aliphatic heterocycles. The number of benzene rings is 1. The van der Waals surface area contributed by atoms with Crippen molar-refractivity contribution in [3.63, 3.8) is 0 Å². The molecule has 1 N–H and O–H groups in total. The monoisotopic (exact) mass is 279 g/mol. The summed E-state index contributed by atoms with van der Waals surface area (Å²) in [5.74, 6) is 0. The Morgan fingerprint density at radius 2 is 1.65 bits per heavy atom. The topological polar surface area (TPSA) is 91.8 Å². The van der Waals surface area contributed by atoms with Gasteiger partial charge in [0.25, 0.3) is 0 Å². The van der Waals surface area contributed by atoms with Gasteiger partial charge in [-0.3, -0.25) is 0 Å². The van der Waals surface area contributed by atoms with Crippen molar-refractivity contribution in [2.24, 2.45) is 0 Å². The van der Waals surface area contributed by atoms with Gasteiger partial charge in [-0.15, -0.1) is 0 Å². The zero-order valence-electron chi connectivity index (χ0n) is 9.36. The predicted octanol–water partition coefficient (Wildman–Crippen LogP) is -0.0955. The summed E-state index contributed by atoms with van der Waals surface area (Å²) in [6.45, 7) is -0.296. The van der Waals surface area contributed by atoms with E-state index in [1.807, 2.05) is 0 Å². The highest BCUT2D eigenvalue weighted by Gasteiger charge is 2.27. The fraction of sp³-hybridized carbons (Fsp3) is 0.333. The normalized spacial score (nSPS) is 12.4. The molecule has 0 amide bonds. The van der Waals surface area contributed by atoms with Gasteiger partial charge >= 0.3 is 0 Å². The Labute approximate surface area is 101 Å². The van der Waals surface area contributed by atoms with Gasteiger partial charge in [0.15, 0.2) is 0 Å². The van der Waals surface area contributed by atoms with E-state index in [4.69, 9.17) is 5.11 Å². The van der Waals surface area contributed by atoms with E-state index in [2.05, 4.69) is 0 Å². The highest BCUT2D eigenvalue weighted by molar-refractivity contribution is 8.09. The summed E-state index contributed by atoms with van der Waals surface area (Å²) in [5.41, 5.74) is 0.418. The zero-order valence-corrected chi connectivity index (χ0v) is 11.0. The number of nitrogens with zero attached hydrogens (tertiary/aromatic N) is 1. The van der Waals surface area contributed by atoms with Gasteiger partial charge in [-0.05, 0) is 17.7 Å². The van der Waals surface area contributed by atoms with Crippen LogP contribution < -0.4 is 3.71 Å². The van der Waals surface area contributed by atoms with Gasteiger partial charge in [0.1, 0.15) is 0 Å². The second-order valence-corrected chi connectivity index (χ2v) is 7.44. The van der Waals surface area contributed by atoms with Crippen LogP contribution in [0.3, 0.4) is 0 Å². The molecular formula is C9H13NO5S2. The van der Waals surface area contributed by atoms with E-state index in [-0.39, 0.29) is 12.3 Å². The van der Waals surface area contributed by atoms with Crippen molar-refractivity contribution >= 4 is 25.7 Å². The fourth-order valence-corrected chi connectivity index (χ4v) is 4.36. The number of sulfonamides is 2. The summed E-state index contributed by atoms with van der Waals surface area (Å²) < 4.78 is 46.2. The number of anilines is 1. The molecular weight excluding hydrogens is 266 g/mol. The molecule has 6 nitrogen and oxygen atoms in total. The molecule has 0 heterocycles. The van der Waals surface area contributed by atoms with Gasteiger partial charge in [0.05, 0.1) is 24.8 Å². The van der Waals surface area contributed by atoms with Gasteiger partial charge in [0, 0.05) is 0 Å². The SMILES string of the molecule is CS(=O)(=O)N(c1cccc(CO)c1)S(C)(=O)=O. The number of aliphatic hydroxyl groups excluding tert-OH is 1. The van der Waals surface area contributed by atoms with E-state index in [1.165, 1.54) is 18.2 Å². The average molecular weight is 279 g/mol. The van der Waals surface area contributed by atoms with Crippen LogP contribution in [0.15, 0.2) is 24.3 Å². The predicted molar refractivity (Wildman–Crippen MR) is 64.5 cm³/mol. The van der Waals surface area contributed by atoms with Crippen LogP contribution in [0.2, 0.25) is 0 Å². The second-order valence-electron chi connectivity index (χ2n) is 3.55. The summed E-state index contributed by atoms with van der Waals surface area (Å²) >= 11 is 0. The lowest BCUT2D eigenvalue weighted by molar-refractivity contribution is 0.282. The van der Waals surface area contributed by atoms with Crippen molar-refractivity contribution in [3.05, 3.63) is 29.8 Å². The number of hydrogen-bond donors (Lipinski definition) is 1. The molecule has 1 rings (SSSR count). The molecule has 0 atom stereocenters. The van der Waals surface area contributed by atoms with E-state index in [1.54, 1.807) is 6.07 Å².